The molecule has 0 bridgehead atoms. The number of nitrogens with zero attached hydrogens (tertiary/aromatic N) is 3. The summed E-state index contributed by atoms with van der Waals surface area (Å²) in [5, 5.41) is 2.19. The van der Waals surface area contributed by atoms with E-state index in [9.17, 15) is 0 Å². The number of aromatic nitrogens is 2. The molecule has 2 aromatic heterocycles. The maximum atomic E-state index is 4.88. The molecule has 0 N–H and O–H groups in total. The van der Waals surface area contributed by atoms with E-state index >= 15 is 0 Å². The van der Waals surface area contributed by atoms with Crippen molar-refractivity contribution in [1.82, 2.24) is 9.97 Å². The summed E-state index contributed by atoms with van der Waals surface area (Å²) in [5.74, 6) is 0.431. The van der Waals surface area contributed by atoms with Gasteiger partial charge in [-0.2, -0.15) is 0 Å². The Morgan fingerprint density at radius 1 is 0.897 bits per heavy atom. The van der Waals surface area contributed by atoms with E-state index in [1.807, 2.05) is 31.3 Å². The molecular formula is C23H21Cl2FeN3. The molecule has 0 radical (unpaired) electrons. The number of benzene rings is 2. The van der Waals surface area contributed by atoms with Gasteiger partial charge in [-0.3, -0.25) is 9.98 Å². The molecule has 0 aliphatic carbocycles. The van der Waals surface area contributed by atoms with Crippen LogP contribution in [0.5, 0.6) is 0 Å². The monoisotopic (exact) mass is 465 g/mol. The van der Waals surface area contributed by atoms with Crippen LogP contribution in [-0.2, 0) is 13.1 Å². The molecule has 0 atom stereocenters. The molecule has 0 amide bonds. The zero-order valence-corrected chi connectivity index (χ0v) is 19.0. The summed E-state index contributed by atoms with van der Waals surface area (Å²) in [6, 6.07) is 20.6. The Hall–Kier alpha value is -1.97. The average molecular weight is 466 g/mol. The van der Waals surface area contributed by atoms with Crippen LogP contribution in [0.15, 0.2) is 71.9 Å². The van der Waals surface area contributed by atoms with Crippen molar-refractivity contribution in [3.05, 3.63) is 78.1 Å². The Morgan fingerprint density at radius 3 is 2.28 bits per heavy atom. The fourth-order valence-corrected chi connectivity index (χ4v) is 3.24. The number of aliphatic imine (C=N–C) groups is 1. The van der Waals surface area contributed by atoms with Crippen LogP contribution in [0.2, 0.25) is 0 Å². The standard InChI is InChI=1S/C23H21N3.2ClH.Fe/c1-15(2)19-8-4-5-9-21(19)25-16(3)20-13-12-18-11-10-17-7-6-14-24-22(17)23(18)26-20;;;/h4-15H,1-3H3;2*1H;/q;;;+2/p-2. The first kappa shape index (κ1) is 21.7. The van der Waals surface area contributed by atoms with E-state index in [0.29, 0.717) is 5.92 Å². The normalized spacial score (nSPS) is 11.7. The van der Waals surface area contributed by atoms with E-state index in [1.54, 1.807) is 0 Å². The SMILES string of the molecule is CC(=Nc1ccccc1C(C)C)c1ccc2ccc3cccnc3c2n1.[Cl][Fe][Cl]. The Morgan fingerprint density at radius 2 is 1.55 bits per heavy atom. The summed E-state index contributed by atoms with van der Waals surface area (Å²) < 4.78 is 0. The van der Waals surface area contributed by atoms with E-state index in [4.69, 9.17) is 30.2 Å². The van der Waals surface area contributed by atoms with Crippen molar-refractivity contribution >= 4 is 53.4 Å². The molecule has 0 unspecified atom stereocenters. The zero-order valence-electron chi connectivity index (χ0n) is 16.4. The summed E-state index contributed by atoms with van der Waals surface area (Å²) in [5.41, 5.74) is 5.91. The molecule has 0 saturated carbocycles. The van der Waals surface area contributed by atoms with Gasteiger partial charge in [-0.15, -0.1) is 0 Å². The first-order valence-electron chi connectivity index (χ1n) is 9.19. The van der Waals surface area contributed by atoms with Crippen LogP contribution < -0.4 is 0 Å². The molecule has 2 aromatic carbocycles. The van der Waals surface area contributed by atoms with Crippen LogP contribution in [0.25, 0.3) is 21.8 Å². The Labute approximate surface area is 185 Å². The molecule has 4 aromatic rings. The second kappa shape index (κ2) is 10.2. The summed E-state index contributed by atoms with van der Waals surface area (Å²) >= 11 is 0.194. The Bertz CT molecular complexity index is 1160. The first-order chi connectivity index (χ1) is 14.0. The number of rotatable bonds is 3. The van der Waals surface area contributed by atoms with Crippen LogP contribution in [0.4, 0.5) is 5.69 Å². The number of pyridine rings is 2. The number of para-hydroxylation sites is 1. The van der Waals surface area contributed by atoms with Crippen LogP contribution in [0, 0.1) is 0 Å². The van der Waals surface area contributed by atoms with Gasteiger partial charge in [0.15, 0.2) is 0 Å². The third kappa shape index (κ3) is 5.15. The van der Waals surface area contributed by atoms with Crippen molar-refractivity contribution in [2.24, 2.45) is 4.99 Å². The molecule has 0 spiro atoms. The quantitative estimate of drug-likeness (QED) is 0.179. The van der Waals surface area contributed by atoms with E-state index in [0.717, 1.165) is 38.9 Å². The first-order valence-corrected chi connectivity index (χ1v) is 12.2. The van der Waals surface area contributed by atoms with Gasteiger partial charge in [0.2, 0.25) is 0 Å². The molecule has 4 rings (SSSR count). The average Bonchev–Trinajstić information content (AvgIpc) is 2.74. The minimum absolute atomic E-state index is 0.194. The molecule has 29 heavy (non-hydrogen) atoms. The molecule has 2 heterocycles. The number of hydrogen-bond acceptors (Lipinski definition) is 3. The van der Waals surface area contributed by atoms with Gasteiger partial charge in [-0.25, -0.2) is 4.98 Å². The van der Waals surface area contributed by atoms with Crippen molar-refractivity contribution in [1.29, 1.82) is 0 Å². The van der Waals surface area contributed by atoms with Gasteiger partial charge >= 0.3 is 33.3 Å². The van der Waals surface area contributed by atoms with Crippen LogP contribution >= 0.6 is 20.2 Å². The Balaban J connectivity index is 0.000000755. The zero-order chi connectivity index (χ0) is 20.8. The van der Waals surface area contributed by atoms with Crippen molar-refractivity contribution in [3.63, 3.8) is 0 Å². The van der Waals surface area contributed by atoms with Gasteiger partial charge < -0.3 is 0 Å². The molecule has 0 aliphatic rings. The van der Waals surface area contributed by atoms with Gasteiger partial charge in [-0.1, -0.05) is 56.3 Å². The molecule has 0 aliphatic heterocycles. The third-order valence-electron chi connectivity index (χ3n) is 4.65. The van der Waals surface area contributed by atoms with Crippen molar-refractivity contribution < 1.29 is 13.1 Å². The predicted molar refractivity (Wildman–Crippen MR) is 121 cm³/mol. The van der Waals surface area contributed by atoms with E-state index in [-0.39, 0.29) is 13.1 Å². The van der Waals surface area contributed by atoms with E-state index < -0.39 is 0 Å². The van der Waals surface area contributed by atoms with Gasteiger partial charge in [0.05, 0.1) is 28.1 Å². The topological polar surface area (TPSA) is 38.1 Å². The summed E-state index contributed by atoms with van der Waals surface area (Å²) in [4.78, 5) is 14.3. The van der Waals surface area contributed by atoms with Crippen molar-refractivity contribution in [2.75, 3.05) is 0 Å². The van der Waals surface area contributed by atoms with Crippen molar-refractivity contribution in [3.8, 4) is 0 Å². The molecular weight excluding hydrogens is 445 g/mol. The van der Waals surface area contributed by atoms with Crippen LogP contribution in [0.1, 0.15) is 37.9 Å². The fraction of sp³-hybridized carbons (Fsp3) is 0.174. The maximum absolute atomic E-state index is 4.88. The summed E-state index contributed by atoms with van der Waals surface area (Å²) in [6.07, 6.45) is 1.82. The second-order valence-electron chi connectivity index (χ2n) is 6.87. The third-order valence-corrected chi connectivity index (χ3v) is 4.65. The molecule has 0 fully saturated rings. The van der Waals surface area contributed by atoms with Gasteiger partial charge in [0, 0.05) is 17.0 Å². The Kier molecular flexibility index (Phi) is 7.63. The molecule has 6 heteroatoms. The van der Waals surface area contributed by atoms with Gasteiger partial charge in [0.25, 0.3) is 0 Å². The minimum atomic E-state index is 0.194. The van der Waals surface area contributed by atoms with Crippen molar-refractivity contribution in [2.45, 2.75) is 26.7 Å². The molecule has 0 saturated heterocycles. The molecule has 3 nitrogen and oxygen atoms in total. The number of halogens is 2. The second-order valence-corrected chi connectivity index (χ2v) is 8.69. The summed E-state index contributed by atoms with van der Waals surface area (Å²) in [7, 11) is 9.53. The fourth-order valence-electron chi connectivity index (χ4n) is 3.24. The predicted octanol–water partition coefficient (Wildman–Crippen LogP) is 7.42. The van der Waals surface area contributed by atoms with Crippen LogP contribution in [-0.4, -0.2) is 15.7 Å². The van der Waals surface area contributed by atoms with Gasteiger partial charge in [0.1, 0.15) is 0 Å². The summed E-state index contributed by atoms with van der Waals surface area (Å²) in [6.45, 7) is 6.40. The molecule has 150 valence electrons. The van der Waals surface area contributed by atoms with Gasteiger partial charge in [-0.05, 0) is 36.6 Å². The van der Waals surface area contributed by atoms with E-state index in [1.165, 1.54) is 5.56 Å². The number of hydrogen-bond donors (Lipinski definition) is 0. The van der Waals surface area contributed by atoms with E-state index in [2.05, 4.69) is 61.3 Å². The van der Waals surface area contributed by atoms with Crippen LogP contribution in [0.3, 0.4) is 0 Å². The number of fused-ring (bicyclic) bond motifs is 3.